The zero-order chi connectivity index (χ0) is 15.8. The van der Waals surface area contributed by atoms with E-state index in [1.807, 2.05) is 18.4 Å². The first-order valence-corrected chi connectivity index (χ1v) is 8.90. The van der Waals surface area contributed by atoms with E-state index in [4.69, 9.17) is 14.3 Å². The summed E-state index contributed by atoms with van der Waals surface area (Å²) in [6.07, 6.45) is 0.300. The van der Waals surface area contributed by atoms with Crippen molar-refractivity contribution in [1.29, 1.82) is 0 Å². The molecule has 1 aromatic heterocycles. The average molecular weight is 398 g/mol. The molecule has 120 valence electrons. The first kappa shape index (κ1) is 18.9. The van der Waals surface area contributed by atoms with E-state index in [2.05, 4.69) is 15.9 Å². The Morgan fingerprint density at radius 2 is 2.24 bits per heavy atom. The van der Waals surface area contributed by atoms with Crippen molar-refractivity contribution in [1.82, 2.24) is 5.06 Å². The predicted octanol–water partition coefficient (Wildman–Crippen LogP) is 3.39. The highest BCUT2D eigenvalue weighted by molar-refractivity contribution is 9.10. The van der Waals surface area contributed by atoms with Gasteiger partial charge in [0, 0.05) is 18.6 Å². The number of amides is 1. The number of thioether (sulfide) groups is 1. The van der Waals surface area contributed by atoms with Crippen LogP contribution in [0, 0.1) is 0 Å². The molecule has 1 rings (SSSR count). The highest BCUT2D eigenvalue weighted by atomic mass is 79.9. The monoisotopic (exact) mass is 397 g/mol. The average Bonchev–Trinajstić information content (AvgIpc) is 2.89. The Hall–Kier alpha value is -0.120. The third-order valence-electron chi connectivity index (χ3n) is 2.76. The minimum Gasteiger partial charge on any atom is -0.356 e. The fraction of sp³-hybridized carbons (Fsp3) is 0.615. The molecule has 0 aliphatic carbocycles. The number of thiophene rings is 1. The van der Waals surface area contributed by atoms with E-state index in [-0.39, 0.29) is 17.4 Å². The number of methoxy groups -OCH3 is 1. The predicted molar refractivity (Wildman–Crippen MR) is 88.5 cm³/mol. The zero-order valence-electron chi connectivity index (χ0n) is 12.5. The number of carbonyl (C=O) groups is 1. The van der Waals surface area contributed by atoms with Gasteiger partial charge in [0.2, 0.25) is 0 Å². The second kappa shape index (κ2) is 9.81. The maximum absolute atomic E-state index is 12.3. The number of hydrogen-bond donors (Lipinski definition) is 0. The van der Waals surface area contributed by atoms with Gasteiger partial charge in [0.15, 0.2) is 6.29 Å². The number of halogens is 1. The summed E-state index contributed by atoms with van der Waals surface area (Å²) in [7, 11) is 4.67. The largest absolute Gasteiger partial charge is 0.356 e. The maximum Gasteiger partial charge on any atom is 0.259 e. The molecule has 0 aliphatic heterocycles. The summed E-state index contributed by atoms with van der Waals surface area (Å²) in [6, 6.07) is 1.97. The topological polar surface area (TPSA) is 48.0 Å². The lowest BCUT2D eigenvalue weighted by Gasteiger charge is -2.21. The van der Waals surface area contributed by atoms with Crippen LogP contribution >= 0.6 is 39.0 Å². The Morgan fingerprint density at radius 1 is 1.52 bits per heavy atom. The van der Waals surface area contributed by atoms with Gasteiger partial charge in [0.05, 0.1) is 23.2 Å². The van der Waals surface area contributed by atoms with Crippen molar-refractivity contribution in [2.75, 3.05) is 27.9 Å². The molecule has 1 heterocycles. The molecule has 2 atom stereocenters. The molecule has 0 spiro atoms. The number of carbonyl (C=O) groups excluding carboxylic acids is 1. The van der Waals surface area contributed by atoms with Crippen LogP contribution in [0.25, 0.3) is 0 Å². The van der Waals surface area contributed by atoms with Gasteiger partial charge in [-0.15, -0.1) is 23.1 Å². The normalized spacial score (nSPS) is 14.0. The van der Waals surface area contributed by atoms with Gasteiger partial charge in [-0.2, -0.15) is 0 Å². The summed E-state index contributed by atoms with van der Waals surface area (Å²) in [6.45, 7) is 2.26. The molecule has 0 saturated heterocycles. The van der Waals surface area contributed by atoms with Gasteiger partial charge < -0.3 is 9.47 Å². The van der Waals surface area contributed by atoms with Gasteiger partial charge >= 0.3 is 0 Å². The smallest absolute Gasteiger partial charge is 0.259 e. The van der Waals surface area contributed by atoms with E-state index in [0.29, 0.717) is 13.0 Å². The van der Waals surface area contributed by atoms with Crippen molar-refractivity contribution >= 4 is 44.9 Å². The molecule has 0 radical (unpaired) electrons. The number of hydrogen-bond acceptors (Lipinski definition) is 6. The Morgan fingerprint density at radius 3 is 2.76 bits per heavy atom. The molecule has 0 N–H and O–H groups in total. The van der Waals surface area contributed by atoms with Crippen molar-refractivity contribution in [3.05, 3.63) is 15.9 Å². The van der Waals surface area contributed by atoms with E-state index in [9.17, 15) is 4.79 Å². The van der Waals surface area contributed by atoms with Crippen LogP contribution < -0.4 is 0 Å². The highest BCUT2D eigenvalue weighted by Crippen LogP contribution is 2.37. The Bertz CT molecular complexity index is 444. The highest BCUT2D eigenvalue weighted by Gasteiger charge is 2.25. The third-order valence-corrected chi connectivity index (χ3v) is 6.38. The second-order valence-electron chi connectivity index (χ2n) is 4.14. The van der Waals surface area contributed by atoms with Crippen LogP contribution in [-0.4, -0.2) is 50.4 Å². The first-order valence-electron chi connectivity index (χ1n) is 6.35. The van der Waals surface area contributed by atoms with Gasteiger partial charge in [-0.25, -0.2) is 5.06 Å². The Balaban J connectivity index is 2.66. The van der Waals surface area contributed by atoms with Crippen molar-refractivity contribution in [3.8, 4) is 0 Å². The summed E-state index contributed by atoms with van der Waals surface area (Å²) in [4.78, 5) is 17.3. The lowest BCUT2D eigenvalue weighted by molar-refractivity contribution is -0.169. The van der Waals surface area contributed by atoms with E-state index >= 15 is 0 Å². The number of nitrogens with zero attached hydrogens (tertiary/aromatic N) is 1. The zero-order valence-corrected chi connectivity index (χ0v) is 15.7. The molecule has 8 heteroatoms. The minimum atomic E-state index is -0.278. The lowest BCUT2D eigenvalue weighted by atomic mass is 10.3. The molecule has 5 nitrogen and oxygen atoms in total. The quantitative estimate of drug-likeness (QED) is 0.363. The third kappa shape index (κ3) is 6.25. The SMILES string of the molecule is COC(C)OCCC(Sc1sccc1Br)C(=O)N(C)OC. The summed E-state index contributed by atoms with van der Waals surface area (Å²) in [5.74, 6) is -0.0866. The van der Waals surface area contributed by atoms with Gasteiger partial charge in [-0.1, -0.05) is 0 Å². The number of ether oxygens (including phenoxy) is 2. The summed E-state index contributed by atoms with van der Waals surface area (Å²) in [5, 5.41) is 2.96. The van der Waals surface area contributed by atoms with Gasteiger partial charge in [0.25, 0.3) is 5.91 Å². The van der Waals surface area contributed by atoms with Crippen LogP contribution in [0.2, 0.25) is 0 Å². The molecule has 1 aromatic rings. The number of hydroxylamine groups is 2. The van der Waals surface area contributed by atoms with Gasteiger partial charge in [-0.3, -0.25) is 9.63 Å². The molecule has 0 saturated carbocycles. The van der Waals surface area contributed by atoms with Crippen molar-refractivity contribution in [2.45, 2.75) is 29.1 Å². The fourth-order valence-corrected chi connectivity index (χ4v) is 4.44. The maximum atomic E-state index is 12.3. The summed E-state index contributed by atoms with van der Waals surface area (Å²) < 4.78 is 12.6. The van der Waals surface area contributed by atoms with Crippen LogP contribution in [0.15, 0.2) is 20.1 Å². The van der Waals surface area contributed by atoms with Crippen molar-refractivity contribution in [3.63, 3.8) is 0 Å². The second-order valence-corrected chi connectivity index (χ2v) is 7.39. The molecule has 2 unspecified atom stereocenters. The van der Waals surface area contributed by atoms with Crippen LogP contribution in [-0.2, 0) is 19.1 Å². The van der Waals surface area contributed by atoms with E-state index in [1.54, 1.807) is 25.5 Å². The van der Waals surface area contributed by atoms with Crippen LogP contribution in [0.3, 0.4) is 0 Å². The molecule has 0 aliphatic rings. The van der Waals surface area contributed by atoms with E-state index < -0.39 is 0 Å². The fourth-order valence-electron chi connectivity index (χ4n) is 1.43. The van der Waals surface area contributed by atoms with E-state index in [0.717, 1.165) is 8.68 Å². The summed E-state index contributed by atoms with van der Waals surface area (Å²) >= 11 is 6.59. The molecular formula is C13H20BrNO4S2. The standard InChI is InChI=1S/C13H20BrNO4S2/c1-9(17-3)19-7-5-11(12(16)15(2)18-4)21-13-10(14)6-8-20-13/h6,8-9,11H,5,7H2,1-4H3. The first-order chi connectivity index (χ1) is 9.99. The summed E-state index contributed by atoms with van der Waals surface area (Å²) in [5.41, 5.74) is 0. The van der Waals surface area contributed by atoms with Gasteiger partial charge in [0.1, 0.15) is 0 Å². The molecular weight excluding hydrogens is 378 g/mol. The lowest BCUT2D eigenvalue weighted by Crippen LogP contribution is -2.34. The minimum absolute atomic E-state index is 0.0866. The molecule has 21 heavy (non-hydrogen) atoms. The van der Waals surface area contributed by atoms with Crippen LogP contribution in [0.1, 0.15) is 13.3 Å². The van der Waals surface area contributed by atoms with Crippen LogP contribution in [0.5, 0.6) is 0 Å². The van der Waals surface area contributed by atoms with Crippen molar-refractivity contribution < 1.29 is 19.1 Å². The Kier molecular flexibility index (Phi) is 8.84. The molecule has 0 aromatic carbocycles. The van der Waals surface area contributed by atoms with Crippen molar-refractivity contribution in [2.24, 2.45) is 0 Å². The Labute approximate surface area is 142 Å². The molecule has 1 amide bonds. The molecule has 0 fully saturated rings. The van der Waals surface area contributed by atoms with E-state index in [1.165, 1.54) is 23.9 Å². The number of rotatable bonds is 9. The van der Waals surface area contributed by atoms with Crippen LogP contribution in [0.4, 0.5) is 0 Å². The molecule has 0 bridgehead atoms. The van der Waals surface area contributed by atoms with Gasteiger partial charge in [-0.05, 0) is 40.7 Å².